The Labute approximate surface area is 149 Å². The molecule has 5 heteroatoms. The normalized spacial score (nSPS) is 10.6. The Hall–Kier alpha value is -2.40. The lowest BCUT2D eigenvalue weighted by Gasteiger charge is -2.06. The van der Waals surface area contributed by atoms with Crippen LogP contribution in [0.3, 0.4) is 0 Å². The lowest BCUT2D eigenvalue weighted by Crippen LogP contribution is -2.22. The fourth-order valence-electron chi connectivity index (χ4n) is 2.01. The number of alkyl halides is 1. The highest BCUT2D eigenvalue weighted by Gasteiger charge is 2.05. The van der Waals surface area contributed by atoms with E-state index in [1.807, 2.05) is 48.5 Å². The zero-order valence-electron chi connectivity index (χ0n) is 13.3. The SMILES string of the molecule is COC(=O)/C=C/c1ccc(CNC(=O)c2ccc(CBr)cc2)cc1. The topological polar surface area (TPSA) is 55.4 Å². The quantitative estimate of drug-likeness (QED) is 0.467. The molecule has 2 aromatic carbocycles. The zero-order chi connectivity index (χ0) is 17.4. The van der Waals surface area contributed by atoms with Gasteiger partial charge in [0, 0.05) is 23.5 Å². The average molecular weight is 388 g/mol. The molecule has 0 aliphatic heterocycles. The van der Waals surface area contributed by atoms with Gasteiger partial charge in [-0.15, -0.1) is 0 Å². The average Bonchev–Trinajstić information content (AvgIpc) is 2.65. The van der Waals surface area contributed by atoms with Crippen LogP contribution >= 0.6 is 15.9 Å². The van der Waals surface area contributed by atoms with E-state index in [1.54, 1.807) is 6.08 Å². The van der Waals surface area contributed by atoms with Crippen LogP contribution in [-0.2, 0) is 21.4 Å². The molecule has 4 nitrogen and oxygen atoms in total. The lowest BCUT2D eigenvalue weighted by molar-refractivity contribution is -0.134. The maximum Gasteiger partial charge on any atom is 0.330 e. The zero-order valence-corrected chi connectivity index (χ0v) is 14.9. The fourth-order valence-corrected chi connectivity index (χ4v) is 2.38. The maximum atomic E-state index is 12.1. The Kier molecular flexibility index (Phi) is 6.75. The molecule has 0 radical (unpaired) electrons. The molecule has 0 atom stereocenters. The van der Waals surface area contributed by atoms with Crippen LogP contribution in [0.1, 0.15) is 27.0 Å². The molecule has 0 heterocycles. The van der Waals surface area contributed by atoms with E-state index in [0.29, 0.717) is 12.1 Å². The van der Waals surface area contributed by atoms with E-state index in [2.05, 4.69) is 26.0 Å². The van der Waals surface area contributed by atoms with E-state index in [0.717, 1.165) is 22.0 Å². The molecule has 0 aliphatic carbocycles. The molecule has 0 aliphatic rings. The van der Waals surface area contributed by atoms with Crippen molar-refractivity contribution in [2.45, 2.75) is 11.9 Å². The number of hydrogen-bond donors (Lipinski definition) is 1. The maximum absolute atomic E-state index is 12.1. The van der Waals surface area contributed by atoms with Gasteiger partial charge in [-0.3, -0.25) is 4.79 Å². The van der Waals surface area contributed by atoms with Crippen molar-refractivity contribution in [3.63, 3.8) is 0 Å². The number of benzene rings is 2. The number of ether oxygens (including phenoxy) is 1. The van der Waals surface area contributed by atoms with Crippen LogP contribution < -0.4 is 5.32 Å². The molecule has 124 valence electrons. The summed E-state index contributed by atoms with van der Waals surface area (Å²) in [6.07, 6.45) is 3.05. The lowest BCUT2D eigenvalue weighted by atomic mass is 10.1. The van der Waals surface area contributed by atoms with E-state index < -0.39 is 5.97 Å². The van der Waals surface area contributed by atoms with Crippen LogP contribution in [0.25, 0.3) is 6.08 Å². The van der Waals surface area contributed by atoms with E-state index in [4.69, 9.17) is 0 Å². The highest BCUT2D eigenvalue weighted by molar-refractivity contribution is 9.08. The molecule has 1 amide bonds. The van der Waals surface area contributed by atoms with Crippen molar-refractivity contribution < 1.29 is 14.3 Å². The molecule has 0 saturated heterocycles. The summed E-state index contributed by atoms with van der Waals surface area (Å²) in [6, 6.07) is 15.0. The first-order chi connectivity index (χ1) is 11.6. The van der Waals surface area contributed by atoms with Crippen molar-refractivity contribution in [1.29, 1.82) is 0 Å². The van der Waals surface area contributed by atoms with Crippen LogP contribution in [0.15, 0.2) is 54.6 Å². The number of halogens is 1. The number of nitrogens with one attached hydrogen (secondary N) is 1. The number of methoxy groups -OCH3 is 1. The van der Waals surface area contributed by atoms with Crippen LogP contribution in [0, 0.1) is 0 Å². The molecular formula is C19H18BrNO3. The van der Waals surface area contributed by atoms with Gasteiger partial charge < -0.3 is 10.1 Å². The third-order valence-electron chi connectivity index (χ3n) is 3.42. The Balaban J connectivity index is 1.90. The first-order valence-electron chi connectivity index (χ1n) is 7.40. The predicted molar refractivity (Wildman–Crippen MR) is 97.7 cm³/mol. The standard InChI is InChI=1S/C19H18BrNO3/c1-24-18(22)11-8-14-2-4-16(5-3-14)13-21-19(23)17-9-6-15(12-20)7-10-17/h2-11H,12-13H2,1H3,(H,21,23)/b11-8+. The van der Waals surface area contributed by atoms with Crippen molar-refractivity contribution in [2.75, 3.05) is 7.11 Å². The third kappa shape index (κ3) is 5.35. The fraction of sp³-hybridized carbons (Fsp3) is 0.158. The van der Waals surface area contributed by atoms with Gasteiger partial charge in [-0.25, -0.2) is 4.79 Å². The number of rotatable bonds is 6. The van der Waals surface area contributed by atoms with Crippen molar-refractivity contribution in [2.24, 2.45) is 0 Å². The number of carbonyl (C=O) groups excluding carboxylic acids is 2. The molecule has 2 rings (SSSR count). The molecule has 0 bridgehead atoms. The van der Waals surface area contributed by atoms with Crippen molar-refractivity contribution in [3.05, 3.63) is 76.9 Å². The molecule has 0 spiro atoms. The first kappa shape index (κ1) is 17.9. The van der Waals surface area contributed by atoms with Crippen LogP contribution in [0.4, 0.5) is 0 Å². The van der Waals surface area contributed by atoms with Gasteiger partial charge in [-0.2, -0.15) is 0 Å². The van der Waals surface area contributed by atoms with E-state index in [-0.39, 0.29) is 5.91 Å². The second kappa shape index (κ2) is 9.03. The number of hydrogen-bond acceptors (Lipinski definition) is 3. The van der Waals surface area contributed by atoms with E-state index in [1.165, 1.54) is 13.2 Å². The van der Waals surface area contributed by atoms with Gasteiger partial charge in [-0.1, -0.05) is 52.3 Å². The van der Waals surface area contributed by atoms with Crippen LogP contribution in [0.2, 0.25) is 0 Å². The first-order valence-corrected chi connectivity index (χ1v) is 8.52. The minimum atomic E-state index is -0.391. The molecule has 0 saturated carbocycles. The molecule has 0 aromatic heterocycles. The minimum Gasteiger partial charge on any atom is -0.466 e. The highest BCUT2D eigenvalue weighted by Crippen LogP contribution is 2.09. The van der Waals surface area contributed by atoms with Gasteiger partial charge in [0.25, 0.3) is 5.91 Å². The molecule has 1 N–H and O–H groups in total. The summed E-state index contributed by atoms with van der Waals surface area (Å²) in [5.74, 6) is -0.497. The van der Waals surface area contributed by atoms with Gasteiger partial charge >= 0.3 is 5.97 Å². The van der Waals surface area contributed by atoms with Crippen molar-refractivity contribution in [3.8, 4) is 0 Å². The predicted octanol–water partition coefficient (Wildman–Crippen LogP) is 3.70. The van der Waals surface area contributed by atoms with Crippen LogP contribution in [0.5, 0.6) is 0 Å². The molecule has 0 fully saturated rings. The second-order valence-electron chi connectivity index (χ2n) is 5.11. The molecule has 24 heavy (non-hydrogen) atoms. The Morgan fingerprint density at radius 2 is 1.67 bits per heavy atom. The van der Waals surface area contributed by atoms with Gasteiger partial charge in [-0.05, 0) is 34.9 Å². The summed E-state index contributed by atoms with van der Waals surface area (Å²) in [6.45, 7) is 0.444. The molecule has 0 unspecified atom stereocenters. The summed E-state index contributed by atoms with van der Waals surface area (Å²) < 4.78 is 4.54. The highest BCUT2D eigenvalue weighted by atomic mass is 79.9. The molecule has 2 aromatic rings. The Bertz CT molecular complexity index is 721. The largest absolute Gasteiger partial charge is 0.466 e. The number of esters is 1. The summed E-state index contributed by atoms with van der Waals surface area (Å²) >= 11 is 3.38. The summed E-state index contributed by atoms with van der Waals surface area (Å²) in [7, 11) is 1.34. The van der Waals surface area contributed by atoms with Gasteiger partial charge in [0.05, 0.1) is 7.11 Å². The number of carbonyl (C=O) groups is 2. The summed E-state index contributed by atoms with van der Waals surface area (Å²) in [5.41, 5.74) is 3.64. The minimum absolute atomic E-state index is 0.106. The molecular weight excluding hydrogens is 370 g/mol. The van der Waals surface area contributed by atoms with Gasteiger partial charge in [0.1, 0.15) is 0 Å². The van der Waals surface area contributed by atoms with Gasteiger partial charge in [0.2, 0.25) is 0 Å². The van der Waals surface area contributed by atoms with E-state index in [9.17, 15) is 9.59 Å². The summed E-state index contributed by atoms with van der Waals surface area (Å²) in [5, 5.41) is 3.66. The smallest absolute Gasteiger partial charge is 0.330 e. The number of amides is 1. The third-order valence-corrected chi connectivity index (χ3v) is 4.06. The second-order valence-corrected chi connectivity index (χ2v) is 5.67. The van der Waals surface area contributed by atoms with Crippen LogP contribution in [-0.4, -0.2) is 19.0 Å². The van der Waals surface area contributed by atoms with Crippen molar-refractivity contribution >= 4 is 33.9 Å². The van der Waals surface area contributed by atoms with E-state index >= 15 is 0 Å². The summed E-state index contributed by atoms with van der Waals surface area (Å²) in [4.78, 5) is 23.2. The van der Waals surface area contributed by atoms with Gasteiger partial charge in [0.15, 0.2) is 0 Å². The Morgan fingerprint density at radius 1 is 1.04 bits per heavy atom. The monoisotopic (exact) mass is 387 g/mol. The van der Waals surface area contributed by atoms with Crippen molar-refractivity contribution in [1.82, 2.24) is 5.32 Å². The Morgan fingerprint density at radius 3 is 2.25 bits per heavy atom.